The summed E-state index contributed by atoms with van der Waals surface area (Å²) in [4.78, 5) is 0. The third kappa shape index (κ3) is 24.6. The van der Waals surface area contributed by atoms with Gasteiger partial charge in [-0.15, -0.1) is 0 Å². The summed E-state index contributed by atoms with van der Waals surface area (Å²) < 4.78 is 94.4. The van der Waals surface area contributed by atoms with Crippen molar-refractivity contribution >= 4 is 38.8 Å². The molecular weight excluding hydrogens is 1130 g/mol. The molecule has 0 saturated carbocycles. The molecule has 87 heavy (non-hydrogen) atoms. The standard InChI is InChI=1S/C72H118O13Si2/c1-61(2,3)73-45-37-41-49(57(81-69(25,26)27)53(45)77-65(13,14)15)86(50-42-38-46(74-62(4,5)6)54(78-66(16,17)18)58(50)82-70(28,29)30)85-87(51-43-39-47(75-63(7,8)9)55(79-67(19,20)21)59(51)83-71(31,32)33)52-44-40-48(76-64(10,11)12)56(80-68(22,23)24)60(52)84-72(34,35)36/h37-44,86-87H,1-36H3. The van der Waals surface area contributed by atoms with Crippen molar-refractivity contribution in [3.63, 3.8) is 0 Å². The highest BCUT2D eigenvalue weighted by atomic mass is 28.4. The summed E-state index contributed by atoms with van der Waals surface area (Å²) in [6.45, 7) is 73.0. The van der Waals surface area contributed by atoms with Gasteiger partial charge in [0.25, 0.3) is 0 Å². The SMILES string of the molecule is CC(C)(C)Oc1ccc([SiH](O[SiH](c2ccc(OC(C)(C)C)c(OC(C)(C)C)c2OC(C)(C)C)c2ccc(OC(C)(C)C)c(OC(C)(C)C)c2OC(C)(C)C)c2ccc(OC(C)(C)C)c(OC(C)(C)C)c2OC(C)(C)C)c(OC(C)(C)C)c1OC(C)(C)C. The molecule has 0 amide bonds. The van der Waals surface area contributed by atoms with Gasteiger partial charge in [-0.1, -0.05) is 24.3 Å². The lowest BCUT2D eigenvalue weighted by Gasteiger charge is -2.37. The van der Waals surface area contributed by atoms with Crippen molar-refractivity contribution in [3.05, 3.63) is 48.5 Å². The zero-order valence-corrected chi connectivity index (χ0v) is 63.4. The van der Waals surface area contributed by atoms with Crippen LogP contribution in [0.15, 0.2) is 48.5 Å². The minimum Gasteiger partial charge on any atom is -0.484 e. The Morgan fingerprint density at radius 3 is 0.425 bits per heavy atom. The fourth-order valence-electron chi connectivity index (χ4n) is 8.73. The van der Waals surface area contributed by atoms with E-state index in [2.05, 4.69) is 24.3 Å². The third-order valence-corrected chi connectivity index (χ3v) is 17.0. The monoisotopic (exact) mass is 1250 g/mol. The van der Waals surface area contributed by atoms with Crippen LogP contribution < -0.4 is 77.6 Å². The Morgan fingerprint density at radius 1 is 0.172 bits per heavy atom. The Labute approximate surface area is 531 Å². The van der Waals surface area contributed by atoms with Crippen LogP contribution >= 0.6 is 0 Å². The maximum absolute atomic E-state index is 8.69. The summed E-state index contributed by atoms with van der Waals surface area (Å²) >= 11 is 0. The highest BCUT2D eigenvalue weighted by Crippen LogP contribution is 2.48. The van der Waals surface area contributed by atoms with Gasteiger partial charge in [-0.05, 0) is 274 Å². The van der Waals surface area contributed by atoms with Crippen LogP contribution in [0.3, 0.4) is 0 Å². The van der Waals surface area contributed by atoms with Crippen LogP contribution in [0.4, 0.5) is 0 Å². The zero-order chi connectivity index (χ0) is 67.2. The molecule has 0 unspecified atom stereocenters. The van der Waals surface area contributed by atoms with E-state index in [4.69, 9.17) is 61.0 Å². The van der Waals surface area contributed by atoms with E-state index in [9.17, 15) is 0 Å². The molecule has 0 aliphatic rings. The molecule has 0 fully saturated rings. The van der Waals surface area contributed by atoms with E-state index in [-0.39, 0.29) is 0 Å². The average Bonchev–Trinajstić information content (AvgIpc) is 0.875. The lowest BCUT2D eigenvalue weighted by molar-refractivity contribution is 0.0781. The van der Waals surface area contributed by atoms with Gasteiger partial charge in [-0.3, -0.25) is 0 Å². The Morgan fingerprint density at radius 2 is 0.299 bits per heavy atom. The van der Waals surface area contributed by atoms with Crippen molar-refractivity contribution < 1.29 is 61.0 Å². The molecule has 0 saturated heterocycles. The average molecular weight is 1250 g/mol. The van der Waals surface area contributed by atoms with Crippen molar-refractivity contribution in [2.24, 2.45) is 0 Å². The summed E-state index contributed by atoms with van der Waals surface area (Å²) in [5, 5.41) is 2.95. The second-order valence-corrected chi connectivity index (χ2v) is 39.8. The molecule has 13 nitrogen and oxygen atoms in total. The van der Waals surface area contributed by atoms with Crippen LogP contribution in [0.5, 0.6) is 69.0 Å². The van der Waals surface area contributed by atoms with Gasteiger partial charge in [0.15, 0.2) is 46.0 Å². The lowest BCUT2D eigenvalue weighted by atomic mass is 10.1. The fourth-order valence-corrected chi connectivity index (χ4v) is 15.6. The Hall–Kier alpha value is -5.13. The smallest absolute Gasteiger partial charge is 0.236 e. The Balaban J connectivity index is 2.66. The molecule has 0 spiro atoms. The van der Waals surface area contributed by atoms with Crippen LogP contribution in [0.25, 0.3) is 0 Å². The Bertz CT molecular complexity index is 2570. The van der Waals surface area contributed by atoms with Gasteiger partial charge in [-0.2, -0.15) is 0 Å². The van der Waals surface area contributed by atoms with Gasteiger partial charge in [0.2, 0.25) is 41.1 Å². The number of ether oxygens (including phenoxy) is 12. The Kier molecular flexibility index (Phi) is 21.9. The highest BCUT2D eigenvalue weighted by Gasteiger charge is 2.43. The summed E-state index contributed by atoms with van der Waals surface area (Å²) in [5.41, 5.74) is -8.51. The molecule has 0 radical (unpaired) electrons. The molecular formula is C72H118O13Si2. The van der Waals surface area contributed by atoms with E-state index in [1.54, 1.807) is 0 Å². The molecule has 4 aromatic carbocycles. The fraction of sp³-hybridized carbons (Fsp3) is 0.667. The summed E-state index contributed by atoms with van der Waals surface area (Å²) in [6, 6.07) is 16.2. The molecule has 0 bridgehead atoms. The zero-order valence-electron chi connectivity index (χ0n) is 61.1. The first-order valence-electron chi connectivity index (χ1n) is 31.2. The number of benzene rings is 4. The van der Waals surface area contributed by atoms with Gasteiger partial charge in [0.05, 0.1) is 0 Å². The normalized spacial score (nSPS) is 13.8. The predicted octanol–water partition coefficient (Wildman–Crippen LogP) is 16.2. The van der Waals surface area contributed by atoms with Crippen LogP contribution in [0.1, 0.15) is 249 Å². The van der Waals surface area contributed by atoms with Crippen molar-refractivity contribution in [3.8, 4) is 69.0 Å². The first-order valence-corrected chi connectivity index (χ1v) is 34.4. The van der Waals surface area contributed by atoms with Gasteiger partial charge in [-0.25, -0.2) is 0 Å². The molecule has 0 N–H and O–H groups in total. The number of hydrogen-bond donors (Lipinski definition) is 0. The minimum atomic E-state index is -3.52. The first kappa shape index (κ1) is 74.3. The number of rotatable bonds is 18. The molecule has 492 valence electrons. The van der Waals surface area contributed by atoms with Crippen molar-refractivity contribution in [1.82, 2.24) is 0 Å². The van der Waals surface area contributed by atoms with Crippen LogP contribution in [-0.2, 0) is 4.12 Å². The third-order valence-electron chi connectivity index (χ3n) is 10.8. The second kappa shape index (κ2) is 25.6. The van der Waals surface area contributed by atoms with E-state index < -0.39 is 85.3 Å². The quantitative estimate of drug-likeness (QED) is 0.0880. The lowest BCUT2D eigenvalue weighted by Crippen LogP contribution is -2.58. The maximum Gasteiger partial charge on any atom is 0.236 e. The molecule has 0 atom stereocenters. The first-order chi connectivity index (χ1) is 38.6. The molecule has 0 aliphatic carbocycles. The molecule has 0 aliphatic heterocycles. The van der Waals surface area contributed by atoms with Gasteiger partial charge in [0.1, 0.15) is 67.2 Å². The van der Waals surface area contributed by atoms with Crippen molar-refractivity contribution in [1.29, 1.82) is 0 Å². The van der Waals surface area contributed by atoms with Gasteiger partial charge in [0, 0.05) is 20.7 Å². The topological polar surface area (TPSA) is 120 Å². The largest absolute Gasteiger partial charge is 0.484 e. The van der Waals surface area contributed by atoms with E-state index in [0.717, 1.165) is 20.7 Å². The molecule has 0 aromatic heterocycles. The molecule has 15 heteroatoms. The van der Waals surface area contributed by atoms with Gasteiger partial charge >= 0.3 is 0 Å². The predicted molar refractivity (Wildman–Crippen MR) is 364 cm³/mol. The summed E-state index contributed by atoms with van der Waals surface area (Å²) in [6.07, 6.45) is 0. The van der Waals surface area contributed by atoms with Crippen molar-refractivity contribution in [2.45, 2.75) is 316 Å². The van der Waals surface area contributed by atoms with Crippen molar-refractivity contribution in [2.75, 3.05) is 0 Å². The minimum absolute atomic E-state index is 0.434. The maximum atomic E-state index is 8.69. The van der Waals surface area contributed by atoms with Crippen LogP contribution in [0, 0.1) is 0 Å². The number of hydrogen-bond acceptors (Lipinski definition) is 13. The van der Waals surface area contributed by atoms with E-state index in [0.29, 0.717) is 69.0 Å². The van der Waals surface area contributed by atoms with Crippen LogP contribution in [0.2, 0.25) is 0 Å². The second-order valence-electron chi connectivity index (χ2n) is 34.7. The molecule has 4 aromatic rings. The summed E-state index contributed by atoms with van der Waals surface area (Å²) in [5.74, 6) is 5.64. The van der Waals surface area contributed by atoms with E-state index in [1.807, 2.05) is 274 Å². The van der Waals surface area contributed by atoms with E-state index >= 15 is 0 Å². The van der Waals surface area contributed by atoms with E-state index in [1.165, 1.54) is 0 Å². The highest BCUT2D eigenvalue weighted by molar-refractivity contribution is 6.93. The summed E-state index contributed by atoms with van der Waals surface area (Å²) in [7, 11) is -7.03. The van der Waals surface area contributed by atoms with Gasteiger partial charge < -0.3 is 61.0 Å². The molecule has 0 heterocycles. The van der Waals surface area contributed by atoms with Crippen LogP contribution in [-0.4, -0.2) is 85.3 Å². The molecule has 4 rings (SSSR count).